The van der Waals surface area contributed by atoms with Gasteiger partial charge in [0.05, 0.1) is 21.1 Å². The van der Waals surface area contributed by atoms with Gasteiger partial charge in [0.15, 0.2) is 0 Å². The Morgan fingerprint density at radius 1 is 1.30 bits per heavy atom. The first-order valence-corrected chi connectivity index (χ1v) is 3.44. The van der Waals surface area contributed by atoms with Gasteiger partial charge in [0.25, 0.3) is 0 Å². The average Bonchev–Trinajstić information content (AvgIpc) is 1.19. The molecule has 5 nitrogen and oxygen atoms in total. The van der Waals surface area contributed by atoms with Crippen LogP contribution in [0.15, 0.2) is 0 Å². The molecule has 0 saturated heterocycles. The van der Waals surface area contributed by atoms with Crippen molar-refractivity contribution in [2.75, 3.05) is 21.1 Å². The smallest absolute Gasteiger partial charge is 0.813 e. The third-order valence-corrected chi connectivity index (χ3v) is 0. The van der Waals surface area contributed by atoms with Crippen LogP contribution in [0.1, 0.15) is 0 Å². The minimum absolute atomic E-state index is 0. The predicted octanol–water partition coefficient (Wildman–Crippen LogP) is -2.34. The van der Waals surface area contributed by atoms with Crippen LogP contribution in [0.5, 0.6) is 0 Å². The van der Waals surface area contributed by atoms with Crippen LogP contribution in [-0.4, -0.2) is 25.7 Å². The number of nitrogens with zero attached hydrogens (tertiary/aromatic N) is 1. The van der Waals surface area contributed by atoms with E-state index >= 15 is 0 Å². The normalized spacial score (nSPS) is 9.50. The Labute approximate surface area is 71.3 Å². The zero-order chi connectivity index (χ0) is 8.08. The van der Waals surface area contributed by atoms with Crippen LogP contribution >= 0.6 is 8.25 Å². The van der Waals surface area contributed by atoms with Gasteiger partial charge in [0, 0.05) is 0 Å². The summed E-state index contributed by atoms with van der Waals surface area (Å²) in [4.78, 5) is 17.0. The number of hydrogen-bond acceptors (Lipinski definition) is 4. The van der Waals surface area contributed by atoms with Crippen molar-refractivity contribution in [2.45, 2.75) is 0 Å². The molecule has 0 amide bonds. The Hall–Kier alpha value is 0.564. The molecule has 0 aliphatic rings. The quantitative estimate of drug-likeness (QED) is 0.161. The van der Waals surface area contributed by atoms with Crippen LogP contribution in [0, 0.1) is 0 Å². The van der Waals surface area contributed by atoms with Crippen LogP contribution in [0.2, 0.25) is 0 Å². The molecule has 0 saturated carbocycles. The molecular weight excluding hydrogens is 202 g/mol. The molecule has 2 N–H and O–H groups in total. The van der Waals surface area contributed by atoms with E-state index in [2.05, 4.69) is 0 Å². The zero-order valence-electron chi connectivity index (χ0n) is 6.07. The second-order valence-corrected chi connectivity index (χ2v) is 2.87. The number of hydrogen-bond donors (Lipinski definition) is 1. The molecule has 0 aliphatic carbocycles. The minimum Gasteiger partial charge on any atom is -0.813 e. The SMILES string of the molecule is C[N+](C)(C)N.O=[PH]([O-])[O-].[Ni+]. The van der Waals surface area contributed by atoms with E-state index in [4.69, 9.17) is 20.2 Å². The maximum Gasteiger partial charge on any atom is 1.00 e. The molecule has 1 radical (unpaired) electrons. The first kappa shape index (κ1) is 16.9. The standard InChI is InChI=1S/C3H11N2.Ni.H3O3P/c1-5(2,3)4;;1-4(2)3/h4H2,1-3H3;;4H,(H2,1,2,3)/q2*+1;/p-2. The van der Waals surface area contributed by atoms with Crippen molar-refractivity contribution in [3.8, 4) is 0 Å². The Kier molecular flexibility index (Phi) is 13.0. The molecule has 0 spiro atoms. The fraction of sp³-hybridized carbons (Fsp3) is 1.00. The molecule has 67 valence electrons. The molecule has 0 aliphatic heterocycles. The summed E-state index contributed by atoms with van der Waals surface area (Å²) in [7, 11) is 2.08. The van der Waals surface area contributed by atoms with Crippen molar-refractivity contribution in [1.82, 2.24) is 0 Å². The Bertz CT molecular complexity index is 84.2. The van der Waals surface area contributed by atoms with Crippen molar-refractivity contribution in [3.63, 3.8) is 0 Å². The van der Waals surface area contributed by atoms with Crippen LogP contribution in [0.25, 0.3) is 0 Å². The van der Waals surface area contributed by atoms with Crippen molar-refractivity contribution in [1.29, 1.82) is 0 Å². The van der Waals surface area contributed by atoms with Crippen molar-refractivity contribution in [3.05, 3.63) is 0 Å². The van der Waals surface area contributed by atoms with Crippen molar-refractivity contribution in [2.24, 2.45) is 5.84 Å². The molecule has 10 heavy (non-hydrogen) atoms. The van der Waals surface area contributed by atoms with Gasteiger partial charge in [-0.25, -0.2) is 0 Å². The molecule has 0 aromatic rings. The summed E-state index contributed by atoms with van der Waals surface area (Å²) in [6.07, 6.45) is 0. The van der Waals surface area contributed by atoms with Crippen LogP contribution < -0.4 is 15.6 Å². The second-order valence-electron chi connectivity index (χ2n) is 2.37. The van der Waals surface area contributed by atoms with Crippen molar-refractivity contribution < 1.29 is 35.4 Å². The van der Waals surface area contributed by atoms with E-state index < -0.39 is 8.25 Å². The second kappa shape index (κ2) is 7.67. The fourth-order valence-electron chi connectivity index (χ4n) is 0. The topological polar surface area (TPSA) is 89.2 Å². The molecule has 7 heteroatoms. The fourth-order valence-corrected chi connectivity index (χ4v) is 0. The molecule has 0 heterocycles. The maximum absolute atomic E-state index is 8.52. The summed E-state index contributed by atoms with van der Waals surface area (Å²) in [5, 5.41) is 0. The molecule has 0 unspecified atom stereocenters. The maximum atomic E-state index is 8.52. The van der Waals surface area contributed by atoms with E-state index in [1.165, 1.54) is 0 Å². The molecule has 0 fully saturated rings. The van der Waals surface area contributed by atoms with Gasteiger partial charge in [-0.2, -0.15) is 5.84 Å². The first-order valence-electron chi connectivity index (χ1n) is 2.21. The Morgan fingerprint density at radius 2 is 1.30 bits per heavy atom. The third-order valence-electron chi connectivity index (χ3n) is 0. The summed E-state index contributed by atoms with van der Waals surface area (Å²) in [5.41, 5.74) is 0. The van der Waals surface area contributed by atoms with Crippen LogP contribution in [0.4, 0.5) is 0 Å². The van der Waals surface area contributed by atoms with Gasteiger partial charge in [0.2, 0.25) is 0 Å². The van der Waals surface area contributed by atoms with E-state index in [1.807, 2.05) is 21.1 Å². The summed E-state index contributed by atoms with van der Waals surface area (Å²) in [6.45, 7) is 0. The molecule has 0 atom stereocenters. The van der Waals surface area contributed by atoms with E-state index in [0.29, 0.717) is 4.59 Å². The monoisotopic (exact) mass is 213 g/mol. The summed E-state index contributed by atoms with van der Waals surface area (Å²) < 4.78 is 9.02. The van der Waals surface area contributed by atoms with E-state index in [9.17, 15) is 0 Å². The largest absolute Gasteiger partial charge is 1.00 e. The first-order chi connectivity index (χ1) is 3.73. The summed E-state index contributed by atoms with van der Waals surface area (Å²) in [5.74, 6) is 5.29. The van der Waals surface area contributed by atoms with Crippen molar-refractivity contribution >= 4 is 8.25 Å². The zero-order valence-corrected chi connectivity index (χ0v) is 8.05. The third kappa shape index (κ3) is 1540. The van der Waals surface area contributed by atoms with E-state index in [-0.39, 0.29) is 16.5 Å². The van der Waals surface area contributed by atoms with Gasteiger partial charge in [-0.15, -0.1) is 0 Å². The predicted molar refractivity (Wildman–Crippen MR) is 31.2 cm³/mol. The van der Waals surface area contributed by atoms with Gasteiger partial charge in [-0.05, 0) is 0 Å². The molecule has 0 aromatic carbocycles. The van der Waals surface area contributed by atoms with Gasteiger partial charge >= 0.3 is 16.5 Å². The van der Waals surface area contributed by atoms with Gasteiger partial charge in [0.1, 0.15) is 0 Å². The van der Waals surface area contributed by atoms with Crippen LogP contribution in [-0.2, 0) is 21.1 Å². The average molecular weight is 214 g/mol. The Morgan fingerprint density at radius 3 is 1.30 bits per heavy atom. The number of nitrogens with two attached hydrogens (primary N) is 1. The molecular formula is C3H12N2NiO3P. The van der Waals surface area contributed by atoms with Gasteiger partial charge in [-0.3, -0.25) is 4.59 Å². The molecule has 0 rings (SSSR count). The number of rotatable bonds is 0. The van der Waals surface area contributed by atoms with E-state index in [0.717, 1.165) is 0 Å². The Balaban J connectivity index is -0.0000000910. The van der Waals surface area contributed by atoms with E-state index in [1.54, 1.807) is 0 Å². The molecule has 0 aromatic heterocycles. The molecule has 0 bridgehead atoms. The van der Waals surface area contributed by atoms with Gasteiger partial charge < -0.3 is 14.4 Å². The van der Waals surface area contributed by atoms with Crippen LogP contribution in [0.3, 0.4) is 0 Å². The minimum atomic E-state index is -3.63. The van der Waals surface area contributed by atoms with Gasteiger partial charge in [-0.1, -0.05) is 8.25 Å². The summed E-state index contributed by atoms with van der Waals surface area (Å²) in [6, 6.07) is 0. The number of quaternary nitrogens is 1. The summed E-state index contributed by atoms with van der Waals surface area (Å²) >= 11 is 0.